The fourth-order valence-corrected chi connectivity index (χ4v) is 4.00. The van der Waals surface area contributed by atoms with Gasteiger partial charge in [-0.1, -0.05) is 54.6 Å². The summed E-state index contributed by atoms with van der Waals surface area (Å²) in [6, 6.07) is 21.2. The smallest absolute Gasteiger partial charge is 0.342 e. The van der Waals surface area contributed by atoms with Crippen LogP contribution in [0.15, 0.2) is 79.4 Å². The molecule has 3 aromatic rings. The molecule has 132 valence electrons. The van der Waals surface area contributed by atoms with Crippen LogP contribution in [0.5, 0.6) is 11.5 Å². The van der Waals surface area contributed by atoms with Gasteiger partial charge >= 0.3 is 5.97 Å². The number of hydrogen-bond donors (Lipinski definition) is 1. The first-order chi connectivity index (χ1) is 13.3. The van der Waals surface area contributed by atoms with Gasteiger partial charge in [0.2, 0.25) is 0 Å². The van der Waals surface area contributed by atoms with Gasteiger partial charge in [0.05, 0.1) is 5.56 Å². The van der Waals surface area contributed by atoms with Gasteiger partial charge in [0.25, 0.3) is 0 Å². The largest absolute Gasteiger partial charge is 0.456 e. The zero-order chi connectivity index (χ0) is 18.4. The number of carbonyl (C=O) groups is 1. The van der Waals surface area contributed by atoms with E-state index in [0.717, 1.165) is 22.4 Å². The Morgan fingerprint density at radius 1 is 0.889 bits per heavy atom. The van der Waals surface area contributed by atoms with E-state index in [1.54, 1.807) is 6.08 Å². The van der Waals surface area contributed by atoms with Gasteiger partial charge in [-0.05, 0) is 18.2 Å². The highest BCUT2D eigenvalue weighted by molar-refractivity contribution is 6.02. The third kappa shape index (κ3) is 2.07. The summed E-state index contributed by atoms with van der Waals surface area (Å²) in [5.41, 5.74) is 2.78. The van der Waals surface area contributed by atoms with Crippen molar-refractivity contribution in [2.45, 2.75) is 5.60 Å². The first kappa shape index (κ1) is 15.7. The Morgan fingerprint density at radius 2 is 1.52 bits per heavy atom. The van der Waals surface area contributed by atoms with Crippen molar-refractivity contribution in [1.82, 2.24) is 0 Å². The van der Waals surface area contributed by atoms with Gasteiger partial charge in [-0.25, -0.2) is 4.79 Å². The lowest BCUT2D eigenvalue weighted by atomic mass is 9.77. The Labute approximate surface area is 157 Å². The molecule has 0 aromatic heterocycles. The average Bonchev–Trinajstić information content (AvgIpc) is 3.01. The number of carbonyl (C=O) groups excluding carboxylic acids is 1. The fourth-order valence-electron chi connectivity index (χ4n) is 4.00. The summed E-state index contributed by atoms with van der Waals surface area (Å²) in [6.45, 7) is 4.30. The van der Waals surface area contributed by atoms with Crippen molar-refractivity contribution >= 4 is 11.7 Å². The SMILES string of the molecule is C=CCNc1cccc2c1C(=O)OC21c2ccccc2Oc2ccccc21. The summed E-state index contributed by atoms with van der Waals surface area (Å²) in [7, 11) is 0. The van der Waals surface area contributed by atoms with Crippen molar-refractivity contribution in [3.8, 4) is 11.5 Å². The van der Waals surface area contributed by atoms with Crippen LogP contribution in [-0.2, 0) is 10.3 Å². The van der Waals surface area contributed by atoms with Crippen molar-refractivity contribution in [3.63, 3.8) is 0 Å². The molecule has 27 heavy (non-hydrogen) atoms. The molecule has 0 atom stereocenters. The van der Waals surface area contributed by atoms with Gasteiger partial charge < -0.3 is 14.8 Å². The lowest BCUT2D eigenvalue weighted by molar-refractivity contribution is 0.0225. The topological polar surface area (TPSA) is 47.6 Å². The molecule has 2 heterocycles. The molecule has 2 aliphatic rings. The van der Waals surface area contributed by atoms with E-state index < -0.39 is 5.60 Å². The van der Waals surface area contributed by atoms with Crippen LogP contribution in [0.25, 0.3) is 0 Å². The second-order valence-electron chi connectivity index (χ2n) is 6.56. The lowest BCUT2D eigenvalue weighted by Crippen LogP contribution is -2.32. The van der Waals surface area contributed by atoms with Crippen molar-refractivity contribution < 1.29 is 14.3 Å². The van der Waals surface area contributed by atoms with Crippen LogP contribution in [0.2, 0.25) is 0 Å². The second kappa shape index (κ2) is 5.74. The third-order valence-corrected chi connectivity index (χ3v) is 5.08. The third-order valence-electron chi connectivity index (χ3n) is 5.08. The van der Waals surface area contributed by atoms with Crippen LogP contribution < -0.4 is 10.1 Å². The summed E-state index contributed by atoms with van der Waals surface area (Å²) in [4.78, 5) is 13.0. The summed E-state index contributed by atoms with van der Waals surface area (Å²) in [5, 5.41) is 3.24. The number of benzene rings is 3. The number of ether oxygens (including phenoxy) is 2. The van der Waals surface area contributed by atoms with Crippen LogP contribution in [0, 0.1) is 0 Å². The number of esters is 1. The van der Waals surface area contributed by atoms with Gasteiger partial charge in [0.1, 0.15) is 11.5 Å². The van der Waals surface area contributed by atoms with E-state index in [4.69, 9.17) is 9.47 Å². The molecular formula is C23H17NO3. The molecule has 0 fully saturated rings. The molecule has 4 heteroatoms. The minimum Gasteiger partial charge on any atom is -0.456 e. The van der Waals surface area contributed by atoms with Crippen LogP contribution in [0.4, 0.5) is 5.69 Å². The monoisotopic (exact) mass is 355 g/mol. The number of fused-ring (bicyclic) bond motifs is 6. The van der Waals surface area contributed by atoms with E-state index in [9.17, 15) is 4.79 Å². The molecule has 2 aliphatic heterocycles. The number of hydrogen-bond acceptors (Lipinski definition) is 4. The molecule has 1 spiro atoms. The highest BCUT2D eigenvalue weighted by Crippen LogP contribution is 2.56. The molecule has 0 saturated carbocycles. The maximum absolute atomic E-state index is 13.0. The maximum atomic E-state index is 13.0. The van der Waals surface area contributed by atoms with E-state index in [1.807, 2.05) is 66.7 Å². The van der Waals surface area contributed by atoms with E-state index in [2.05, 4.69) is 11.9 Å². The van der Waals surface area contributed by atoms with Crippen molar-refractivity contribution in [1.29, 1.82) is 0 Å². The Balaban J connectivity index is 1.83. The molecule has 0 amide bonds. The lowest BCUT2D eigenvalue weighted by Gasteiger charge is -2.36. The fraction of sp³-hybridized carbons (Fsp3) is 0.0870. The molecule has 0 bridgehead atoms. The van der Waals surface area contributed by atoms with Gasteiger partial charge in [0.15, 0.2) is 5.60 Å². The van der Waals surface area contributed by atoms with Gasteiger partial charge in [0, 0.05) is 28.9 Å². The normalized spacial score (nSPS) is 15.2. The highest BCUT2D eigenvalue weighted by atomic mass is 16.6. The summed E-state index contributed by atoms with van der Waals surface area (Å²) >= 11 is 0. The Morgan fingerprint density at radius 3 is 2.19 bits per heavy atom. The quantitative estimate of drug-likeness (QED) is 0.539. The maximum Gasteiger partial charge on any atom is 0.342 e. The Bertz CT molecular complexity index is 1040. The number of nitrogens with one attached hydrogen (secondary N) is 1. The standard InChI is InChI=1S/C23H17NO3/c1-2-14-24-18-11-7-10-17-21(18)22(25)27-23(17)15-8-3-5-12-19(15)26-20-13-6-4-9-16(20)23/h2-13,24H,1,14H2. The number of para-hydroxylation sites is 2. The number of anilines is 1. The molecule has 0 unspecified atom stereocenters. The molecule has 1 N–H and O–H groups in total. The Hall–Kier alpha value is -3.53. The molecule has 0 aliphatic carbocycles. The second-order valence-corrected chi connectivity index (χ2v) is 6.56. The minimum atomic E-state index is -1.01. The molecule has 0 radical (unpaired) electrons. The minimum absolute atomic E-state index is 0.344. The van der Waals surface area contributed by atoms with Gasteiger partial charge in [-0.15, -0.1) is 6.58 Å². The molecule has 3 aromatic carbocycles. The van der Waals surface area contributed by atoms with Crippen LogP contribution in [0.3, 0.4) is 0 Å². The Kier molecular flexibility index (Phi) is 3.34. The van der Waals surface area contributed by atoms with Crippen molar-refractivity contribution in [2.24, 2.45) is 0 Å². The van der Waals surface area contributed by atoms with E-state index in [0.29, 0.717) is 23.6 Å². The first-order valence-electron chi connectivity index (χ1n) is 8.84. The predicted octanol–water partition coefficient (Wildman–Crippen LogP) is 4.85. The average molecular weight is 355 g/mol. The van der Waals surface area contributed by atoms with Crippen LogP contribution >= 0.6 is 0 Å². The molecule has 0 saturated heterocycles. The number of rotatable bonds is 3. The predicted molar refractivity (Wildman–Crippen MR) is 103 cm³/mol. The van der Waals surface area contributed by atoms with E-state index >= 15 is 0 Å². The molecular weight excluding hydrogens is 338 g/mol. The van der Waals surface area contributed by atoms with Gasteiger partial charge in [-0.3, -0.25) is 0 Å². The molecule has 5 rings (SSSR count). The van der Waals surface area contributed by atoms with Crippen molar-refractivity contribution in [3.05, 3.63) is 102 Å². The van der Waals surface area contributed by atoms with Crippen LogP contribution in [0.1, 0.15) is 27.0 Å². The zero-order valence-corrected chi connectivity index (χ0v) is 14.6. The summed E-state index contributed by atoms with van der Waals surface area (Å²) in [6.07, 6.45) is 1.76. The van der Waals surface area contributed by atoms with Gasteiger partial charge in [-0.2, -0.15) is 0 Å². The van der Waals surface area contributed by atoms with Crippen molar-refractivity contribution in [2.75, 3.05) is 11.9 Å². The molecule has 4 nitrogen and oxygen atoms in total. The zero-order valence-electron chi connectivity index (χ0n) is 14.6. The summed E-state index contributed by atoms with van der Waals surface area (Å²) in [5.74, 6) is 1.05. The first-order valence-corrected chi connectivity index (χ1v) is 8.84. The van der Waals surface area contributed by atoms with Crippen LogP contribution in [-0.4, -0.2) is 12.5 Å². The van der Waals surface area contributed by atoms with E-state index in [-0.39, 0.29) is 5.97 Å². The summed E-state index contributed by atoms with van der Waals surface area (Å²) < 4.78 is 12.2. The highest BCUT2D eigenvalue weighted by Gasteiger charge is 2.54. The van der Waals surface area contributed by atoms with E-state index in [1.165, 1.54) is 0 Å².